The maximum atomic E-state index is 15.8. The second-order valence-electron chi connectivity index (χ2n) is 8.64. The van der Waals surface area contributed by atoms with Crippen LogP contribution in [0, 0.1) is 18.7 Å². The van der Waals surface area contributed by atoms with Crippen molar-refractivity contribution in [3.8, 4) is 11.3 Å². The Morgan fingerprint density at radius 3 is 2.83 bits per heavy atom. The molecule has 0 radical (unpaired) electrons. The summed E-state index contributed by atoms with van der Waals surface area (Å²) < 4.78 is 32.4. The van der Waals surface area contributed by atoms with Gasteiger partial charge in [0.05, 0.1) is 46.8 Å². The maximum absolute atomic E-state index is 15.8. The van der Waals surface area contributed by atoms with E-state index in [0.29, 0.717) is 33.4 Å². The van der Waals surface area contributed by atoms with Crippen molar-refractivity contribution in [3.63, 3.8) is 0 Å². The number of alkyl halides is 1. The fourth-order valence-electron chi connectivity index (χ4n) is 4.46. The average Bonchev–Trinajstić information content (AvgIpc) is 3.18. The number of nitrogens with one attached hydrogen (secondary N) is 2. The zero-order chi connectivity index (χ0) is 24.4. The van der Waals surface area contributed by atoms with Gasteiger partial charge in [0.25, 0.3) is 0 Å². The van der Waals surface area contributed by atoms with Gasteiger partial charge in [0.15, 0.2) is 11.5 Å². The van der Waals surface area contributed by atoms with E-state index in [-0.39, 0.29) is 17.3 Å². The molecule has 12 heteroatoms. The van der Waals surface area contributed by atoms with Crippen LogP contribution in [0.15, 0.2) is 37.2 Å². The van der Waals surface area contributed by atoms with Crippen molar-refractivity contribution in [2.24, 2.45) is 5.92 Å². The van der Waals surface area contributed by atoms with Crippen LogP contribution >= 0.6 is 11.6 Å². The Balaban J connectivity index is 1.43. The molecule has 1 amide bonds. The molecule has 1 saturated carbocycles. The van der Waals surface area contributed by atoms with Gasteiger partial charge >= 0.3 is 0 Å². The number of fused-ring (bicyclic) bond motifs is 2. The molecule has 0 saturated heterocycles. The lowest BCUT2D eigenvalue weighted by Crippen LogP contribution is -2.15. The number of hydrogen-bond acceptors (Lipinski definition) is 5. The summed E-state index contributed by atoms with van der Waals surface area (Å²) in [4.78, 5) is 25.0. The molecule has 1 aliphatic rings. The number of hydrogen-bond donors (Lipinski definition) is 2. The lowest BCUT2D eigenvalue weighted by atomic mass is 9.98. The predicted molar refractivity (Wildman–Crippen MR) is 125 cm³/mol. The molecule has 4 heterocycles. The summed E-state index contributed by atoms with van der Waals surface area (Å²) in [6, 6.07) is -0.391. The fourth-order valence-corrected chi connectivity index (χ4v) is 4.76. The van der Waals surface area contributed by atoms with Crippen LogP contribution in [0.2, 0.25) is 5.02 Å². The van der Waals surface area contributed by atoms with Gasteiger partial charge in [0, 0.05) is 35.1 Å². The van der Waals surface area contributed by atoms with Gasteiger partial charge in [0.1, 0.15) is 17.8 Å². The number of nitrogens with zero attached hydrogens (tertiary/aromatic N) is 6. The van der Waals surface area contributed by atoms with E-state index < -0.39 is 29.9 Å². The largest absolute Gasteiger partial charge is 0.328 e. The zero-order valence-electron chi connectivity index (χ0n) is 18.6. The van der Waals surface area contributed by atoms with Gasteiger partial charge in [-0.2, -0.15) is 5.10 Å². The molecule has 35 heavy (non-hydrogen) atoms. The monoisotopic (exact) mass is 496 g/mol. The van der Waals surface area contributed by atoms with Crippen molar-refractivity contribution >= 4 is 39.9 Å². The van der Waals surface area contributed by atoms with Gasteiger partial charge in [-0.1, -0.05) is 11.6 Å². The smallest absolute Gasteiger partial charge is 0.231 e. The molecule has 5 aromatic rings. The van der Waals surface area contributed by atoms with E-state index in [1.807, 2.05) is 18.4 Å². The molecule has 9 nitrogen and oxygen atoms in total. The Morgan fingerprint density at radius 1 is 1.31 bits per heavy atom. The van der Waals surface area contributed by atoms with E-state index in [1.54, 1.807) is 35.4 Å². The molecule has 178 valence electrons. The molecule has 2 N–H and O–H groups in total. The summed E-state index contributed by atoms with van der Waals surface area (Å²) in [6.45, 7) is 3.71. The summed E-state index contributed by atoms with van der Waals surface area (Å²) >= 11 is 6.60. The molecule has 0 aliphatic heterocycles. The molecule has 4 aromatic heterocycles. The number of aromatic nitrogens is 7. The van der Waals surface area contributed by atoms with Crippen LogP contribution in [0.1, 0.15) is 30.8 Å². The van der Waals surface area contributed by atoms with Crippen molar-refractivity contribution in [2.45, 2.75) is 32.5 Å². The second-order valence-corrected chi connectivity index (χ2v) is 9.02. The number of carbonyl (C=O) groups excluding carboxylic acids is 1. The molecule has 6 rings (SSSR count). The average molecular weight is 497 g/mol. The summed E-state index contributed by atoms with van der Waals surface area (Å²) in [7, 11) is 0. The Hall–Kier alpha value is -3.86. The number of aromatic amines is 1. The number of anilines is 1. The maximum Gasteiger partial charge on any atom is 0.231 e. The topological polar surface area (TPSA) is 106 Å². The van der Waals surface area contributed by atoms with Gasteiger partial charge in [-0.05, 0) is 20.3 Å². The third-order valence-corrected chi connectivity index (χ3v) is 6.78. The zero-order valence-corrected chi connectivity index (χ0v) is 19.4. The Labute approximate surface area is 202 Å². The lowest BCUT2D eigenvalue weighted by Gasteiger charge is -2.19. The van der Waals surface area contributed by atoms with Crippen LogP contribution in [-0.2, 0) is 4.79 Å². The van der Waals surface area contributed by atoms with Crippen LogP contribution in [0.25, 0.3) is 27.8 Å². The van der Waals surface area contributed by atoms with Gasteiger partial charge in [-0.15, -0.1) is 0 Å². The predicted octanol–water partition coefficient (Wildman–Crippen LogP) is 4.48. The first-order chi connectivity index (χ1) is 16.8. The highest BCUT2D eigenvalue weighted by Crippen LogP contribution is 2.41. The molecular weight excluding hydrogens is 478 g/mol. The summed E-state index contributed by atoms with van der Waals surface area (Å²) in [5, 5.41) is 10.2. The van der Waals surface area contributed by atoms with Crippen molar-refractivity contribution in [1.29, 1.82) is 0 Å². The van der Waals surface area contributed by atoms with Gasteiger partial charge in [-0.25, -0.2) is 18.7 Å². The highest BCUT2D eigenvalue weighted by atomic mass is 35.5. The van der Waals surface area contributed by atoms with Crippen LogP contribution < -0.4 is 5.32 Å². The summed E-state index contributed by atoms with van der Waals surface area (Å²) in [5.41, 5.74) is 2.11. The van der Waals surface area contributed by atoms with Crippen LogP contribution in [0.5, 0.6) is 0 Å². The van der Waals surface area contributed by atoms with Crippen LogP contribution in [-0.4, -0.2) is 46.2 Å². The fraction of sp³-hybridized carbons (Fsp3) is 0.261. The first kappa shape index (κ1) is 21.7. The quantitative estimate of drug-likeness (QED) is 0.373. The third-order valence-electron chi connectivity index (χ3n) is 6.42. The van der Waals surface area contributed by atoms with Crippen molar-refractivity contribution in [1.82, 2.24) is 34.1 Å². The lowest BCUT2D eigenvalue weighted by molar-refractivity contribution is -0.117. The van der Waals surface area contributed by atoms with E-state index >= 15 is 4.39 Å². The first-order valence-corrected chi connectivity index (χ1v) is 11.3. The summed E-state index contributed by atoms with van der Waals surface area (Å²) in [5.74, 6) is -0.596. The van der Waals surface area contributed by atoms with Crippen LogP contribution in [0.3, 0.4) is 0 Å². The van der Waals surface area contributed by atoms with E-state index in [4.69, 9.17) is 11.6 Å². The van der Waals surface area contributed by atoms with E-state index in [9.17, 15) is 9.18 Å². The van der Waals surface area contributed by atoms with Gasteiger partial charge in [-0.3, -0.25) is 14.9 Å². The number of halogens is 3. The Morgan fingerprint density at radius 2 is 2.11 bits per heavy atom. The number of amides is 1. The van der Waals surface area contributed by atoms with Crippen molar-refractivity contribution in [3.05, 3.63) is 59.4 Å². The number of H-pyrrole nitrogens is 1. The molecule has 1 aliphatic carbocycles. The normalized spacial score (nSPS) is 18.3. The SMILES string of the molecule is Cc1nccn1C(C)c1c(F)c(Cl)c(-c2cn3cc(NC(=O)[C@@H]4C[C@@H]4F)nc3cn2)c2cn[nH]c12. The molecule has 0 spiro atoms. The highest BCUT2D eigenvalue weighted by Gasteiger charge is 2.43. The summed E-state index contributed by atoms with van der Waals surface area (Å²) in [6.07, 6.45) is 8.87. The molecule has 1 aromatic carbocycles. The number of carbonyl (C=O) groups is 1. The molecule has 1 fully saturated rings. The minimum Gasteiger partial charge on any atom is -0.328 e. The number of benzene rings is 1. The number of rotatable bonds is 5. The first-order valence-electron chi connectivity index (χ1n) is 11.0. The van der Waals surface area contributed by atoms with Crippen LogP contribution in [0.4, 0.5) is 14.6 Å². The Kier molecular flexibility index (Phi) is 4.85. The van der Waals surface area contributed by atoms with Crippen molar-refractivity contribution < 1.29 is 13.6 Å². The minimum atomic E-state index is -1.10. The van der Waals surface area contributed by atoms with E-state index in [0.717, 1.165) is 5.82 Å². The highest BCUT2D eigenvalue weighted by molar-refractivity contribution is 6.35. The molecular formula is C23H19ClF2N8O. The van der Waals surface area contributed by atoms with Crippen molar-refractivity contribution in [2.75, 3.05) is 5.32 Å². The minimum absolute atomic E-state index is 0.0817. The van der Waals surface area contributed by atoms with Gasteiger partial charge in [0.2, 0.25) is 5.91 Å². The third kappa shape index (κ3) is 3.45. The number of aryl methyl sites for hydroxylation is 1. The van der Waals surface area contributed by atoms with Gasteiger partial charge < -0.3 is 14.3 Å². The Bertz CT molecular complexity index is 1620. The molecule has 0 bridgehead atoms. The second kappa shape index (κ2) is 7.84. The van der Waals surface area contributed by atoms with E-state index in [2.05, 4.69) is 30.5 Å². The number of imidazole rings is 2. The standard InChI is InChI=1S/C23H19ClF2N8O/c1-10(34-4-3-27-11(34)2)18-21(26)20(24)19(13-6-29-32-22(13)18)15-8-33-9-16(30-17(33)7-28-15)31-23(35)12-5-14(12)25/h3-4,6-10,12,14H,5H2,1-2H3,(H,29,32)(H,31,35)/t10?,12-,14+/m1/s1. The molecule has 1 unspecified atom stereocenters. The molecule has 3 atom stereocenters. The van der Waals surface area contributed by atoms with E-state index in [1.165, 1.54) is 6.20 Å².